The van der Waals surface area contributed by atoms with Crippen LogP contribution >= 0.6 is 0 Å². The number of amides is 1. The van der Waals surface area contributed by atoms with E-state index in [2.05, 4.69) is 55.6 Å². The van der Waals surface area contributed by atoms with E-state index in [-0.39, 0.29) is 18.5 Å². The van der Waals surface area contributed by atoms with Crippen molar-refractivity contribution in [1.29, 1.82) is 0 Å². The second-order valence-electron chi connectivity index (χ2n) is 15.7. The van der Waals surface area contributed by atoms with Crippen molar-refractivity contribution in [3.63, 3.8) is 0 Å². The number of rotatable bonds is 42. The van der Waals surface area contributed by atoms with Crippen molar-refractivity contribution in [2.75, 3.05) is 13.2 Å². The molecule has 1 amide bonds. The second-order valence-corrected chi connectivity index (χ2v) is 15.7. The molecular weight excluding hydrogens is 671 g/mol. The number of aliphatic hydroxyl groups is 2. The molecule has 0 aliphatic heterocycles. The predicted octanol–water partition coefficient (Wildman–Crippen LogP) is 13.3. The maximum absolute atomic E-state index is 12.4. The Morgan fingerprint density at radius 3 is 1.50 bits per heavy atom. The zero-order valence-corrected chi connectivity index (χ0v) is 35.7. The number of nitrogens with one attached hydrogen (secondary N) is 1. The molecular formula is C48H89NO5. The number of carbonyl (C=O) groups is 2. The molecule has 0 saturated carbocycles. The standard InChI is InChI=1S/C48H89NO5/c1-3-5-7-9-11-13-15-16-17-18-19-20-22-26-30-34-38-42-48(53)54-43-39-35-31-27-23-25-29-33-37-41-47(52)49-45(44-50)46(51)40-36-32-28-24-21-14-12-10-8-6-4-2/h11,13,16-17,25,29,45-46,50-51H,3-10,12,14-15,18-24,26-28,30-44H2,1-2H3,(H,49,52)/b13-11-,17-16-,29-25-. The van der Waals surface area contributed by atoms with Gasteiger partial charge in [-0.3, -0.25) is 9.59 Å². The van der Waals surface area contributed by atoms with E-state index in [1.54, 1.807) is 0 Å². The molecule has 0 fully saturated rings. The lowest BCUT2D eigenvalue weighted by atomic mass is 10.0. The minimum absolute atomic E-state index is 0.0446. The molecule has 2 atom stereocenters. The molecule has 0 aromatic heterocycles. The zero-order valence-electron chi connectivity index (χ0n) is 35.7. The number of carbonyl (C=O) groups excluding carboxylic acids is 2. The van der Waals surface area contributed by atoms with Crippen molar-refractivity contribution in [3.8, 4) is 0 Å². The number of esters is 1. The highest BCUT2D eigenvalue weighted by atomic mass is 16.5. The summed E-state index contributed by atoms with van der Waals surface area (Å²) in [4.78, 5) is 24.4. The van der Waals surface area contributed by atoms with Crippen LogP contribution in [0.4, 0.5) is 0 Å². The van der Waals surface area contributed by atoms with E-state index < -0.39 is 12.1 Å². The van der Waals surface area contributed by atoms with Gasteiger partial charge in [0.05, 0.1) is 25.4 Å². The minimum Gasteiger partial charge on any atom is -0.466 e. The highest BCUT2D eigenvalue weighted by Gasteiger charge is 2.19. The van der Waals surface area contributed by atoms with Gasteiger partial charge in [0.15, 0.2) is 0 Å². The highest BCUT2D eigenvalue weighted by Crippen LogP contribution is 2.15. The van der Waals surface area contributed by atoms with Gasteiger partial charge < -0.3 is 20.3 Å². The molecule has 6 heteroatoms. The topological polar surface area (TPSA) is 95.9 Å². The van der Waals surface area contributed by atoms with Crippen molar-refractivity contribution in [2.45, 2.75) is 244 Å². The number of hydrogen-bond donors (Lipinski definition) is 3. The first-order valence-corrected chi connectivity index (χ1v) is 23.2. The van der Waals surface area contributed by atoms with E-state index in [0.29, 0.717) is 25.9 Å². The van der Waals surface area contributed by atoms with Gasteiger partial charge in [-0.2, -0.15) is 0 Å². The number of unbranched alkanes of at least 4 members (excludes halogenated alkanes) is 25. The summed E-state index contributed by atoms with van der Waals surface area (Å²) in [7, 11) is 0. The Balaban J connectivity index is 3.55. The van der Waals surface area contributed by atoms with Crippen molar-refractivity contribution in [1.82, 2.24) is 5.32 Å². The van der Waals surface area contributed by atoms with Crippen LogP contribution in [0.1, 0.15) is 232 Å². The molecule has 0 heterocycles. The molecule has 0 rings (SSSR count). The van der Waals surface area contributed by atoms with Crippen molar-refractivity contribution < 1.29 is 24.5 Å². The normalized spacial score (nSPS) is 13.0. The predicted molar refractivity (Wildman–Crippen MR) is 232 cm³/mol. The second kappa shape index (κ2) is 43.8. The molecule has 0 aliphatic rings. The fourth-order valence-corrected chi connectivity index (χ4v) is 6.79. The van der Waals surface area contributed by atoms with Crippen LogP contribution in [0.15, 0.2) is 36.5 Å². The van der Waals surface area contributed by atoms with Crippen molar-refractivity contribution in [3.05, 3.63) is 36.5 Å². The summed E-state index contributed by atoms with van der Waals surface area (Å²) < 4.78 is 5.43. The van der Waals surface area contributed by atoms with Crippen LogP contribution in [0.25, 0.3) is 0 Å². The fourth-order valence-electron chi connectivity index (χ4n) is 6.79. The quantitative estimate of drug-likeness (QED) is 0.0327. The van der Waals surface area contributed by atoms with Gasteiger partial charge >= 0.3 is 5.97 Å². The summed E-state index contributed by atoms with van der Waals surface area (Å²) in [6, 6.07) is -0.578. The van der Waals surface area contributed by atoms with Crippen LogP contribution in [0.2, 0.25) is 0 Å². The fraction of sp³-hybridized carbons (Fsp3) is 0.833. The molecule has 0 radical (unpaired) electrons. The average Bonchev–Trinajstić information content (AvgIpc) is 3.17. The van der Waals surface area contributed by atoms with Crippen LogP contribution < -0.4 is 5.32 Å². The van der Waals surface area contributed by atoms with E-state index in [1.165, 1.54) is 122 Å². The number of ether oxygens (including phenoxy) is 1. The Morgan fingerprint density at radius 2 is 0.944 bits per heavy atom. The third-order valence-corrected chi connectivity index (χ3v) is 10.4. The van der Waals surface area contributed by atoms with Gasteiger partial charge in [-0.15, -0.1) is 0 Å². The molecule has 316 valence electrons. The molecule has 54 heavy (non-hydrogen) atoms. The number of aliphatic hydroxyl groups excluding tert-OH is 2. The van der Waals surface area contributed by atoms with Gasteiger partial charge in [-0.25, -0.2) is 0 Å². The minimum atomic E-state index is -0.694. The van der Waals surface area contributed by atoms with Gasteiger partial charge in [0, 0.05) is 12.8 Å². The lowest BCUT2D eigenvalue weighted by Crippen LogP contribution is -2.45. The molecule has 0 saturated heterocycles. The van der Waals surface area contributed by atoms with Crippen LogP contribution in [0.5, 0.6) is 0 Å². The Kier molecular flexibility index (Phi) is 42.2. The van der Waals surface area contributed by atoms with Crippen molar-refractivity contribution in [2.24, 2.45) is 0 Å². The summed E-state index contributed by atoms with van der Waals surface area (Å²) in [5.74, 6) is -0.144. The number of allylic oxidation sites excluding steroid dienone is 6. The first kappa shape index (κ1) is 52.1. The first-order chi connectivity index (χ1) is 26.5. The smallest absolute Gasteiger partial charge is 0.305 e. The third kappa shape index (κ3) is 39.8. The molecule has 0 aromatic rings. The SMILES string of the molecule is CCCCC/C=C\C/C=C\CCCCCCCCCC(=O)OCCCCCC/C=C\CCCC(=O)NC(CO)C(O)CCCCCCCCCCCCC. The molecule has 0 spiro atoms. The van der Waals surface area contributed by atoms with E-state index in [0.717, 1.165) is 77.0 Å². The lowest BCUT2D eigenvalue weighted by molar-refractivity contribution is -0.143. The van der Waals surface area contributed by atoms with Crippen LogP contribution in [-0.2, 0) is 14.3 Å². The Bertz CT molecular complexity index is 884. The van der Waals surface area contributed by atoms with Crippen LogP contribution in [0.3, 0.4) is 0 Å². The first-order valence-electron chi connectivity index (χ1n) is 23.2. The summed E-state index contributed by atoms with van der Waals surface area (Å²) in [5.41, 5.74) is 0. The van der Waals surface area contributed by atoms with Gasteiger partial charge in [0.1, 0.15) is 0 Å². The van der Waals surface area contributed by atoms with E-state index in [9.17, 15) is 19.8 Å². The summed E-state index contributed by atoms with van der Waals surface area (Å²) in [5, 5.41) is 23.0. The summed E-state index contributed by atoms with van der Waals surface area (Å²) >= 11 is 0. The van der Waals surface area contributed by atoms with Gasteiger partial charge in [0.2, 0.25) is 5.91 Å². The van der Waals surface area contributed by atoms with Crippen LogP contribution in [-0.4, -0.2) is 47.4 Å². The van der Waals surface area contributed by atoms with Gasteiger partial charge in [-0.05, 0) is 77.0 Å². The maximum atomic E-state index is 12.4. The van der Waals surface area contributed by atoms with Gasteiger partial charge in [-0.1, -0.05) is 179 Å². The number of hydrogen-bond acceptors (Lipinski definition) is 5. The van der Waals surface area contributed by atoms with Crippen LogP contribution in [0, 0.1) is 0 Å². The Labute approximate surface area is 334 Å². The molecule has 0 aliphatic carbocycles. The monoisotopic (exact) mass is 760 g/mol. The largest absolute Gasteiger partial charge is 0.466 e. The Hall–Kier alpha value is -1.92. The average molecular weight is 760 g/mol. The molecule has 6 nitrogen and oxygen atoms in total. The van der Waals surface area contributed by atoms with E-state index in [1.807, 2.05) is 0 Å². The van der Waals surface area contributed by atoms with Crippen molar-refractivity contribution >= 4 is 11.9 Å². The van der Waals surface area contributed by atoms with E-state index in [4.69, 9.17) is 4.74 Å². The Morgan fingerprint density at radius 1 is 0.519 bits per heavy atom. The highest BCUT2D eigenvalue weighted by molar-refractivity contribution is 5.76. The molecule has 3 N–H and O–H groups in total. The summed E-state index contributed by atoms with van der Waals surface area (Å²) in [6.07, 6.45) is 51.1. The third-order valence-electron chi connectivity index (χ3n) is 10.4. The molecule has 0 aromatic carbocycles. The van der Waals surface area contributed by atoms with E-state index >= 15 is 0 Å². The van der Waals surface area contributed by atoms with Gasteiger partial charge in [0.25, 0.3) is 0 Å². The summed E-state index contributed by atoms with van der Waals surface area (Å²) in [6.45, 7) is 4.81. The molecule has 2 unspecified atom stereocenters. The zero-order chi connectivity index (χ0) is 39.4. The maximum Gasteiger partial charge on any atom is 0.305 e. The lowest BCUT2D eigenvalue weighted by Gasteiger charge is -2.22. The molecule has 0 bridgehead atoms.